The van der Waals surface area contributed by atoms with Crippen molar-refractivity contribution in [3.8, 4) is 17.6 Å². The SMILES string of the molecule is CCOc1ccc(CCNS(=O)(=O)Cc2cccc(C#N)c2)cc1OCC. The van der Waals surface area contributed by atoms with Gasteiger partial charge < -0.3 is 9.47 Å². The third kappa shape index (κ3) is 6.59. The van der Waals surface area contributed by atoms with Crippen LogP contribution in [0.3, 0.4) is 0 Å². The van der Waals surface area contributed by atoms with Gasteiger partial charge in [-0.2, -0.15) is 5.26 Å². The van der Waals surface area contributed by atoms with Gasteiger partial charge in [-0.15, -0.1) is 0 Å². The van der Waals surface area contributed by atoms with Crippen molar-refractivity contribution in [3.63, 3.8) is 0 Å². The lowest BCUT2D eigenvalue weighted by atomic mass is 10.1. The molecule has 0 spiro atoms. The molecule has 0 atom stereocenters. The van der Waals surface area contributed by atoms with E-state index < -0.39 is 10.0 Å². The van der Waals surface area contributed by atoms with Gasteiger partial charge >= 0.3 is 0 Å². The predicted octanol–water partition coefficient (Wildman–Crippen LogP) is 3.02. The topological polar surface area (TPSA) is 88.4 Å². The Morgan fingerprint density at radius 3 is 2.44 bits per heavy atom. The van der Waals surface area contributed by atoms with Crippen LogP contribution in [-0.2, 0) is 22.2 Å². The van der Waals surface area contributed by atoms with Crippen molar-refractivity contribution in [1.82, 2.24) is 4.72 Å². The van der Waals surface area contributed by atoms with Gasteiger partial charge in [-0.1, -0.05) is 18.2 Å². The number of nitriles is 1. The minimum Gasteiger partial charge on any atom is -0.490 e. The van der Waals surface area contributed by atoms with Crippen LogP contribution in [0.2, 0.25) is 0 Å². The molecule has 6 nitrogen and oxygen atoms in total. The Balaban J connectivity index is 1.96. The van der Waals surface area contributed by atoms with Crippen LogP contribution in [0.4, 0.5) is 0 Å². The van der Waals surface area contributed by atoms with Gasteiger partial charge in [-0.25, -0.2) is 13.1 Å². The summed E-state index contributed by atoms with van der Waals surface area (Å²) in [4.78, 5) is 0. The first-order chi connectivity index (χ1) is 13.0. The van der Waals surface area contributed by atoms with Gasteiger partial charge in [0.25, 0.3) is 0 Å². The third-order valence-corrected chi connectivity index (χ3v) is 5.11. The van der Waals surface area contributed by atoms with Crippen LogP contribution in [0.1, 0.15) is 30.5 Å². The molecule has 144 valence electrons. The van der Waals surface area contributed by atoms with E-state index in [1.54, 1.807) is 24.3 Å². The summed E-state index contributed by atoms with van der Waals surface area (Å²) in [5.74, 6) is 1.18. The van der Waals surface area contributed by atoms with Crippen LogP contribution in [-0.4, -0.2) is 28.2 Å². The summed E-state index contributed by atoms with van der Waals surface area (Å²) in [5, 5.41) is 8.91. The maximum atomic E-state index is 12.3. The molecule has 27 heavy (non-hydrogen) atoms. The molecule has 2 aromatic carbocycles. The molecule has 2 aromatic rings. The zero-order chi connectivity index (χ0) is 19.7. The molecule has 0 aliphatic rings. The van der Waals surface area contributed by atoms with E-state index in [0.717, 1.165) is 5.56 Å². The minimum absolute atomic E-state index is 0.157. The van der Waals surface area contributed by atoms with E-state index in [0.29, 0.717) is 42.3 Å². The van der Waals surface area contributed by atoms with Gasteiger partial charge in [-0.05, 0) is 55.7 Å². The zero-order valence-electron chi connectivity index (χ0n) is 15.6. The zero-order valence-corrected chi connectivity index (χ0v) is 16.4. The Bertz CT molecular complexity index is 904. The standard InChI is InChI=1S/C20H24N2O4S/c1-3-25-19-9-8-16(13-20(19)26-4-2)10-11-22-27(23,24)15-18-7-5-6-17(12-18)14-21/h5-9,12-13,22H,3-4,10-11,15H2,1-2H3. The molecule has 0 saturated carbocycles. The summed E-state index contributed by atoms with van der Waals surface area (Å²) in [6.07, 6.45) is 0.532. The van der Waals surface area contributed by atoms with E-state index in [9.17, 15) is 8.42 Å². The largest absolute Gasteiger partial charge is 0.490 e. The fraction of sp³-hybridized carbons (Fsp3) is 0.350. The van der Waals surface area contributed by atoms with Gasteiger partial charge in [0.15, 0.2) is 11.5 Å². The fourth-order valence-corrected chi connectivity index (χ4v) is 3.74. The number of benzene rings is 2. The van der Waals surface area contributed by atoms with Gasteiger partial charge in [-0.3, -0.25) is 0 Å². The van der Waals surface area contributed by atoms with E-state index in [4.69, 9.17) is 14.7 Å². The summed E-state index contributed by atoms with van der Waals surface area (Å²) in [5.41, 5.74) is 1.98. The van der Waals surface area contributed by atoms with Crippen molar-refractivity contribution < 1.29 is 17.9 Å². The maximum absolute atomic E-state index is 12.3. The summed E-state index contributed by atoms with van der Waals surface area (Å²) in [7, 11) is -3.48. The molecule has 0 heterocycles. The molecular weight excluding hydrogens is 364 g/mol. The Morgan fingerprint density at radius 2 is 1.74 bits per heavy atom. The highest BCUT2D eigenvalue weighted by atomic mass is 32.2. The van der Waals surface area contributed by atoms with Gasteiger partial charge in [0.05, 0.1) is 30.6 Å². The molecule has 0 aliphatic heterocycles. The summed E-state index contributed by atoms with van der Waals surface area (Å²) < 4.78 is 38.2. The summed E-state index contributed by atoms with van der Waals surface area (Å²) >= 11 is 0. The van der Waals surface area contributed by atoms with Crippen molar-refractivity contribution in [2.45, 2.75) is 26.0 Å². The molecule has 0 radical (unpaired) electrons. The van der Waals surface area contributed by atoms with Crippen LogP contribution in [0.25, 0.3) is 0 Å². The van der Waals surface area contributed by atoms with E-state index >= 15 is 0 Å². The number of hydrogen-bond donors (Lipinski definition) is 1. The Kier molecular flexibility index (Phi) is 7.65. The van der Waals surface area contributed by atoms with Crippen LogP contribution in [0.5, 0.6) is 11.5 Å². The lowest BCUT2D eigenvalue weighted by Gasteiger charge is -2.13. The van der Waals surface area contributed by atoms with Gasteiger partial charge in [0.1, 0.15) is 0 Å². The molecule has 0 unspecified atom stereocenters. The van der Waals surface area contributed by atoms with Crippen molar-refractivity contribution in [1.29, 1.82) is 5.26 Å². The fourth-order valence-electron chi connectivity index (χ4n) is 2.60. The van der Waals surface area contributed by atoms with Crippen LogP contribution in [0, 0.1) is 11.3 Å². The smallest absolute Gasteiger partial charge is 0.215 e. The van der Waals surface area contributed by atoms with Crippen molar-refractivity contribution in [3.05, 3.63) is 59.2 Å². The molecular formula is C20H24N2O4S. The quantitative estimate of drug-likeness (QED) is 0.676. The molecule has 0 aromatic heterocycles. The highest BCUT2D eigenvalue weighted by molar-refractivity contribution is 7.88. The molecule has 2 rings (SSSR count). The van der Waals surface area contributed by atoms with Crippen LogP contribution >= 0.6 is 0 Å². The first-order valence-corrected chi connectivity index (χ1v) is 10.5. The average Bonchev–Trinajstić information content (AvgIpc) is 2.64. The minimum atomic E-state index is -3.48. The molecule has 0 aliphatic carbocycles. The second-order valence-corrected chi connectivity index (χ2v) is 7.67. The molecule has 0 saturated heterocycles. The average molecular weight is 388 g/mol. The lowest BCUT2D eigenvalue weighted by molar-refractivity contribution is 0.287. The third-order valence-electron chi connectivity index (χ3n) is 3.76. The highest BCUT2D eigenvalue weighted by Gasteiger charge is 2.12. The first-order valence-electron chi connectivity index (χ1n) is 8.82. The van der Waals surface area contributed by atoms with E-state index in [2.05, 4.69) is 4.72 Å². The van der Waals surface area contributed by atoms with Gasteiger partial charge in [0, 0.05) is 6.54 Å². The molecule has 0 amide bonds. The second kappa shape index (κ2) is 9.95. The molecule has 7 heteroatoms. The monoisotopic (exact) mass is 388 g/mol. The Hall–Kier alpha value is -2.56. The van der Waals surface area contributed by atoms with Gasteiger partial charge in [0.2, 0.25) is 10.0 Å². The van der Waals surface area contributed by atoms with E-state index in [-0.39, 0.29) is 12.3 Å². The summed E-state index contributed by atoms with van der Waals surface area (Å²) in [6, 6.07) is 14.2. The first kappa shape index (κ1) is 20.7. The lowest BCUT2D eigenvalue weighted by Crippen LogP contribution is -2.27. The number of nitrogens with zero attached hydrogens (tertiary/aromatic N) is 1. The Labute approximate surface area is 160 Å². The highest BCUT2D eigenvalue weighted by Crippen LogP contribution is 2.28. The van der Waals surface area contributed by atoms with Crippen molar-refractivity contribution in [2.75, 3.05) is 19.8 Å². The Morgan fingerprint density at radius 1 is 1.00 bits per heavy atom. The molecule has 1 N–H and O–H groups in total. The predicted molar refractivity (Wildman–Crippen MR) is 104 cm³/mol. The summed E-state index contributed by atoms with van der Waals surface area (Å²) in [6.45, 7) is 5.16. The van der Waals surface area contributed by atoms with Crippen LogP contribution in [0.15, 0.2) is 42.5 Å². The number of ether oxygens (including phenoxy) is 2. The number of sulfonamides is 1. The second-order valence-electron chi connectivity index (χ2n) is 5.86. The number of rotatable bonds is 10. The van der Waals surface area contributed by atoms with Crippen molar-refractivity contribution >= 4 is 10.0 Å². The number of nitrogens with one attached hydrogen (secondary N) is 1. The van der Waals surface area contributed by atoms with E-state index in [1.165, 1.54) is 0 Å². The molecule has 0 fully saturated rings. The van der Waals surface area contributed by atoms with Crippen LogP contribution < -0.4 is 14.2 Å². The molecule has 0 bridgehead atoms. The maximum Gasteiger partial charge on any atom is 0.215 e. The number of hydrogen-bond acceptors (Lipinski definition) is 5. The van der Waals surface area contributed by atoms with Crippen molar-refractivity contribution in [2.24, 2.45) is 0 Å². The normalized spacial score (nSPS) is 11.0. The van der Waals surface area contributed by atoms with E-state index in [1.807, 2.05) is 38.1 Å².